The third kappa shape index (κ3) is 7.15. The molecule has 0 radical (unpaired) electrons. The zero-order valence-electron chi connectivity index (χ0n) is 15.6. The molecule has 0 amide bonds. The maximum atomic E-state index is 12.9. The molecule has 0 aliphatic carbocycles. The van der Waals surface area contributed by atoms with Crippen molar-refractivity contribution in [2.24, 2.45) is 4.99 Å². The van der Waals surface area contributed by atoms with E-state index in [0.717, 1.165) is 11.3 Å². The summed E-state index contributed by atoms with van der Waals surface area (Å²) in [6.07, 6.45) is -0.745. The highest BCUT2D eigenvalue weighted by Crippen LogP contribution is 2.17. The molecule has 0 aliphatic rings. The summed E-state index contributed by atoms with van der Waals surface area (Å²) < 4.78 is 23.6. The van der Waals surface area contributed by atoms with Crippen LogP contribution in [-0.2, 0) is 6.54 Å². The van der Waals surface area contributed by atoms with Crippen molar-refractivity contribution >= 4 is 5.96 Å². The van der Waals surface area contributed by atoms with Gasteiger partial charge in [0.15, 0.2) is 5.96 Å². The summed E-state index contributed by atoms with van der Waals surface area (Å²) in [5.74, 6) is 1.55. The fourth-order valence-corrected chi connectivity index (χ4v) is 2.34. The molecule has 7 heteroatoms. The number of nitrogens with one attached hydrogen (secondary N) is 2. The zero-order valence-corrected chi connectivity index (χ0v) is 15.6. The number of halogens is 1. The third-order valence-electron chi connectivity index (χ3n) is 3.71. The fourth-order valence-electron chi connectivity index (χ4n) is 2.34. The average molecular weight is 375 g/mol. The Hall–Kier alpha value is -2.80. The lowest BCUT2D eigenvalue weighted by Gasteiger charge is -2.16. The van der Waals surface area contributed by atoms with Gasteiger partial charge in [0.05, 0.1) is 13.7 Å². The second kappa shape index (κ2) is 11.0. The Morgan fingerprint density at radius 1 is 1.15 bits per heavy atom. The first-order valence-corrected chi connectivity index (χ1v) is 8.83. The minimum absolute atomic E-state index is 0.0878. The van der Waals surface area contributed by atoms with Crippen LogP contribution in [0.5, 0.6) is 11.5 Å². The summed E-state index contributed by atoms with van der Waals surface area (Å²) in [6.45, 7) is 3.46. The molecule has 0 saturated heterocycles. The van der Waals surface area contributed by atoms with Gasteiger partial charge >= 0.3 is 0 Å². The zero-order chi connectivity index (χ0) is 19.5. The van der Waals surface area contributed by atoms with Gasteiger partial charge in [0, 0.05) is 18.7 Å². The Balaban J connectivity index is 1.84. The molecule has 146 valence electrons. The third-order valence-corrected chi connectivity index (χ3v) is 3.71. The van der Waals surface area contributed by atoms with E-state index in [1.807, 2.05) is 31.2 Å². The number of aliphatic imine (C=N–C) groups is 1. The van der Waals surface area contributed by atoms with Gasteiger partial charge in [0.2, 0.25) is 0 Å². The Bertz CT molecular complexity index is 723. The van der Waals surface area contributed by atoms with Gasteiger partial charge in [-0.1, -0.05) is 18.2 Å². The number of aliphatic hydroxyl groups is 1. The topological polar surface area (TPSA) is 75.1 Å². The van der Waals surface area contributed by atoms with Crippen LogP contribution in [0.15, 0.2) is 53.5 Å². The van der Waals surface area contributed by atoms with Crippen molar-refractivity contribution in [1.29, 1.82) is 0 Å². The lowest BCUT2D eigenvalue weighted by molar-refractivity contribution is 0.110. The fraction of sp³-hybridized carbons (Fsp3) is 0.350. The van der Waals surface area contributed by atoms with Crippen LogP contribution in [0, 0.1) is 5.82 Å². The molecular formula is C20H26FN3O3. The Kier molecular flexibility index (Phi) is 8.38. The quantitative estimate of drug-likeness (QED) is 0.463. The van der Waals surface area contributed by atoms with E-state index in [-0.39, 0.29) is 19.0 Å². The predicted octanol–water partition coefficient (Wildman–Crippen LogP) is 2.33. The number of rotatable bonds is 9. The van der Waals surface area contributed by atoms with Gasteiger partial charge in [-0.2, -0.15) is 0 Å². The first-order chi connectivity index (χ1) is 13.1. The summed E-state index contributed by atoms with van der Waals surface area (Å²) in [5, 5.41) is 16.3. The minimum Gasteiger partial charge on any atom is -0.496 e. The summed E-state index contributed by atoms with van der Waals surface area (Å²) in [7, 11) is 1.63. The van der Waals surface area contributed by atoms with Crippen LogP contribution >= 0.6 is 0 Å². The standard InChI is InChI=1S/C20H26FN3O3/c1-3-22-20(23-12-15-6-4-5-7-19(15)26-2)24-13-17(25)14-27-18-10-8-16(21)9-11-18/h4-11,17,25H,3,12-14H2,1-2H3,(H2,22,23,24). The van der Waals surface area contributed by atoms with Crippen LogP contribution in [0.25, 0.3) is 0 Å². The number of hydrogen-bond donors (Lipinski definition) is 3. The Labute approximate surface area is 159 Å². The van der Waals surface area contributed by atoms with Gasteiger partial charge in [-0.25, -0.2) is 9.38 Å². The van der Waals surface area contributed by atoms with Crippen molar-refractivity contribution < 1.29 is 19.0 Å². The molecule has 0 fully saturated rings. The predicted molar refractivity (Wildman–Crippen MR) is 104 cm³/mol. The first-order valence-electron chi connectivity index (χ1n) is 8.83. The van der Waals surface area contributed by atoms with E-state index in [0.29, 0.717) is 24.8 Å². The van der Waals surface area contributed by atoms with Gasteiger partial charge in [-0.15, -0.1) is 0 Å². The van der Waals surface area contributed by atoms with Gasteiger partial charge in [0.25, 0.3) is 0 Å². The normalized spacial score (nSPS) is 12.4. The van der Waals surface area contributed by atoms with E-state index in [2.05, 4.69) is 15.6 Å². The smallest absolute Gasteiger partial charge is 0.191 e. The molecule has 1 unspecified atom stereocenters. The monoisotopic (exact) mass is 375 g/mol. The lowest BCUT2D eigenvalue weighted by atomic mass is 10.2. The van der Waals surface area contributed by atoms with Gasteiger partial charge in [-0.3, -0.25) is 0 Å². The van der Waals surface area contributed by atoms with Crippen LogP contribution in [0.4, 0.5) is 4.39 Å². The molecule has 0 aliphatic heterocycles. The van der Waals surface area contributed by atoms with E-state index in [1.165, 1.54) is 24.3 Å². The van der Waals surface area contributed by atoms with Crippen molar-refractivity contribution in [2.45, 2.75) is 19.6 Å². The van der Waals surface area contributed by atoms with Crippen LogP contribution in [0.1, 0.15) is 12.5 Å². The number of methoxy groups -OCH3 is 1. The molecule has 0 saturated carbocycles. The number of hydrogen-bond acceptors (Lipinski definition) is 4. The highest BCUT2D eigenvalue weighted by atomic mass is 19.1. The summed E-state index contributed by atoms with van der Waals surface area (Å²) in [4.78, 5) is 4.51. The van der Waals surface area contributed by atoms with Crippen LogP contribution < -0.4 is 20.1 Å². The average Bonchev–Trinajstić information content (AvgIpc) is 2.69. The van der Waals surface area contributed by atoms with Gasteiger partial charge in [-0.05, 0) is 37.3 Å². The van der Waals surface area contributed by atoms with E-state index < -0.39 is 6.10 Å². The first kappa shape index (κ1) is 20.5. The molecule has 3 N–H and O–H groups in total. The van der Waals surface area contributed by atoms with Crippen molar-refractivity contribution in [2.75, 3.05) is 26.8 Å². The van der Waals surface area contributed by atoms with Crippen LogP contribution in [0.3, 0.4) is 0 Å². The Morgan fingerprint density at radius 3 is 2.59 bits per heavy atom. The Morgan fingerprint density at radius 2 is 1.89 bits per heavy atom. The van der Waals surface area contributed by atoms with Gasteiger partial charge in [0.1, 0.15) is 30.0 Å². The maximum absolute atomic E-state index is 12.9. The summed E-state index contributed by atoms with van der Waals surface area (Å²) in [6, 6.07) is 13.4. The van der Waals surface area contributed by atoms with E-state index in [1.54, 1.807) is 7.11 Å². The highest BCUT2D eigenvalue weighted by molar-refractivity contribution is 5.79. The second-order valence-electron chi connectivity index (χ2n) is 5.81. The SMILES string of the molecule is CCNC(=NCc1ccccc1OC)NCC(O)COc1ccc(F)cc1. The molecule has 0 aromatic heterocycles. The number of benzene rings is 2. The number of ether oxygens (including phenoxy) is 2. The molecule has 2 aromatic rings. The van der Waals surface area contributed by atoms with Crippen molar-refractivity contribution in [3.8, 4) is 11.5 Å². The molecule has 2 rings (SSSR count). The molecule has 0 heterocycles. The number of para-hydroxylation sites is 1. The molecule has 27 heavy (non-hydrogen) atoms. The molecule has 6 nitrogen and oxygen atoms in total. The van der Waals surface area contributed by atoms with Crippen molar-refractivity contribution in [1.82, 2.24) is 10.6 Å². The van der Waals surface area contributed by atoms with Crippen LogP contribution in [0.2, 0.25) is 0 Å². The van der Waals surface area contributed by atoms with Crippen molar-refractivity contribution in [3.63, 3.8) is 0 Å². The second-order valence-corrected chi connectivity index (χ2v) is 5.81. The summed E-state index contributed by atoms with van der Waals surface area (Å²) in [5.41, 5.74) is 0.970. The maximum Gasteiger partial charge on any atom is 0.191 e. The van der Waals surface area contributed by atoms with Crippen LogP contribution in [-0.4, -0.2) is 44.0 Å². The largest absolute Gasteiger partial charge is 0.496 e. The molecule has 2 aromatic carbocycles. The molecule has 0 bridgehead atoms. The van der Waals surface area contributed by atoms with Crippen molar-refractivity contribution in [3.05, 3.63) is 59.9 Å². The molecular weight excluding hydrogens is 349 g/mol. The molecule has 1 atom stereocenters. The van der Waals surface area contributed by atoms with E-state index >= 15 is 0 Å². The number of nitrogens with zero attached hydrogens (tertiary/aromatic N) is 1. The summed E-state index contributed by atoms with van der Waals surface area (Å²) >= 11 is 0. The molecule has 0 spiro atoms. The highest BCUT2D eigenvalue weighted by Gasteiger charge is 2.08. The van der Waals surface area contributed by atoms with Gasteiger partial charge < -0.3 is 25.2 Å². The minimum atomic E-state index is -0.745. The number of aliphatic hydroxyl groups excluding tert-OH is 1. The number of guanidine groups is 1. The van der Waals surface area contributed by atoms with E-state index in [9.17, 15) is 9.50 Å². The van der Waals surface area contributed by atoms with E-state index in [4.69, 9.17) is 9.47 Å². The lowest BCUT2D eigenvalue weighted by Crippen LogP contribution is -2.42.